The van der Waals surface area contributed by atoms with Crippen LogP contribution < -0.4 is 19.5 Å². The van der Waals surface area contributed by atoms with Gasteiger partial charge in [0.1, 0.15) is 5.75 Å². The van der Waals surface area contributed by atoms with E-state index in [-0.39, 0.29) is 0 Å². The maximum atomic E-state index is 5.58. The van der Waals surface area contributed by atoms with Gasteiger partial charge in [0.25, 0.3) is 0 Å². The van der Waals surface area contributed by atoms with Crippen LogP contribution in [0.1, 0.15) is 5.56 Å². The maximum absolute atomic E-state index is 5.58. The first-order chi connectivity index (χ1) is 10.3. The highest BCUT2D eigenvalue weighted by atomic mass is 16.7. The van der Waals surface area contributed by atoms with Crippen LogP contribution in [0.2, 0.25) is 0 Å². The maximum Gasteiger partial charge on any atom is 0.231 e. The molecule has 0 bridgehead atoms. The van der Waals surface area contributed by atoms with Crippen LogP contribution in [0, 0.1) is 0 Å². The molecule has 21 heavy (non-hydrogen) atoms. The fourth-order valence-electron chi connectivity index (χ4n) is 2.11. The molecule has 0 atom stereocenters. The molecule has 0 unspecified atom stereocenters. The van der Waals surface area contributed by atoms with E-state index in [9.17, 15) is 0 Å². The second-order valence-electron chi connectivity index (χ2n) is 4.70. The summed E-state index contributed by atoms with van der Waals surface area (Å²) in [5, 5.41) is 3.16. The molecule has 0 amide bonds. The van der Waals surface area contributed by atoms with Gasteiger partial charge in [-0.1, -0.05) is 24.3 Å². The Kier molecular flexibility index (Phi) is 3.96. The van der Waals surface area contributed by atoms with E-state index in [0.29, 0.717) is 12.7 Å². The highest BCUT2D eigenvalue weighted by molar-refractivity contribution is 5.44. The molecule has 108 valence electrons. The zero-order valence-corrected chi connectivity index (χ0v) is 11.7. The lowest BCUT2D eigenvalue weighted by Gasteiger charge is -2.11. The molecular weight excluding hydrogens is 266 g/mol. The third kappa shape index (κ3) is 3.48. The van der Waals surface area contributed by atoms with Crippen LogP contribution in [0.5, 0.6) is 17.2 Å². The second kappa shape index (κ2) is 6.22. The van der Waals surface area contributed by atoms with E-state index in [0.717, 1.165) is 30.2 Å². The predicted octanol–water partition coefficient (Wildman–Crippen LogP) is 3.10. The number of hydrogen-bond acceptors (Lipinski definition) is 4. The zero-order valence-electron chi connectivity index (χ0n) is 11.7. The monoisotopic (exact) mass is 283 g/mol. The summed E-state index contributed by atoms with van der Waals surface area (Å²) in [6, 6.07) is 15.6. The predicted molar refractivity (Wildman–Crippen MR) is 80.5 cm³/mol. The average Bonchev–Trinajstić information content (AvgIpc) is 2.96. The molecule has 4 nitrogen and oxygen atoms in total. The van der Waals surface area contributed by atoms with Crippen molar-refractivity contribution in [3.63, 3.8) is 0 Å². The van der Waals surface area contributed by atoms with Crippen molar-refractivity contribution in [1.82, 2.24) is 5.32 Å². The lowest BCUT2D eigenvalue weighted by atomic mass is 10.1. The van der Waals surface area contributed by atoms with Gasteiger partial charge in [-0.2, -0.15) is 0 Å². The van der Waals surface area contributed by atoms with E-state index in [1.54, 1.807) is 0 Å². The Morgan fingerprint density at radius 3 is 2.76 bits per heavy atom. The van der Waals surface area contributed by atoms with Crippen LogP contribution in [0.15, 0.2) is 61.0 Å². The van der Waals surface area contributed by atoms with Gasteiger partial charge in [-0.3, -0.25) is 0 Å². The third-order valence-corrected chi connectivity index (χ3v) is 3.16. The molecule has 3 rings (SSSR count). The van der Waals surface area contributed by atoms with Crippen molar-refractivity contribution in [2.24, 2.45) is 0 Å². The number of benzene rings is 2. The first-order valence-corrected chi connectivity index (χ1v) is 6.85. The minimum absolute atomic E-state index is 0.304. The van der Waals surface area contributed by atoms with Crippen LogP contribution in [0.4, 0.5) is 0 Å². The number of nitrogens with one attached hydrogen (secondary N) is 1. The molecule has 1 aliphatic rings. The molecule has 1 aliphatic heterocycles. The Labute approximate surface area is 124 Å². The summed E-state index contributed by atoms with van der Waals surface area (Å²) >= 11 is 0. The number of ether oxygens (including phenoxy) is 3. The second-order valence-corrected chi connectivity index (χ2v) is 4.70. The molecule has 0 fully saturated rings. The molecule has 2 aromatic carbocycles. The smallest absolute Gasteiger partial charge is 0.231 e. The highest BCUT2D eigenvalue weighted by Gasteiger charge is 2.12. The van der Waals surface area contributed by atoms with Gasteiger partial charge in [-0.25, -0.2) is 0 Å². The first-order valence-electron chi connectivity index (χ1n) is 6.85. The van der Waals surface area contributed by atoms with E-state index < -0.39 is 0 Å². The lowest BCUT2D eigenvalue weighted by Crippen LogP contribution is -2.19. The van der Waals surface area contributed by atoms with E-state index >= 15 is 0 Å². The molecule has 1 N–H and O–H groups in total. The minimum Gasteiger partial charge on any atom is -0.454 e. The summed E-state index contributed by atoms with van der Waals surface area (Å²) in [4.78, 5) is 0. The topological polar surface area (TPSA) is 39.7 Å². The molecule has 0 aliphatic carbocycles. The molecule has 0 spiro atoms. The molecule has 0 saturated heterocycles. The van der Waals surface area contributed by atoms with Crippen LogP contribution in [-0.2, 0) is 6.42 Å². The Hall–Kier alpha value is -2.62. The number of para-hydroxylation sites is 1. The molecule has 2 aromatic rings. The van der Waals surface area contributed by atoms with Gasteiger partial charge in [0.2, 0.25) is 6.79 Å². The Balaban J connectivity index is 1.46. The molecule has 1 heterocycles. The fourth-order valence-corrected chi connectivity index (χ4v) is 2.11. The van der Waals surface area contributed by atoms with Gasteiger partial charge in [-0.15, -0.1) is 0 Å². The summed E-state index contributed by atoms with van der Waals surface area (Å²) < 4.78 is 16.2. The zero-order chi connectivity index (χ0) is 14.5. The van der Waals surface area contributed by atoms with Crippen LogP contribution in [0.25, 0.3) is 0 Å². The summed E-state index contributed by atoms with van der Waals surface area (Å²) in [5.41, 5.74) is 1.18. The van der Waals surface area contributed by atoms with Crippen molar-refractivity contribution in [2.45, 2.75) is 6.42 Å². The van der Waals surface area contributed by atoms with Gasteiger partial charge in [0, 0.05) is 6.54 Å². The Bertz CT molecular complexity index is 625. The van der Waals surface area contributed by atoms with E-state index in [1.165, 1.54) is 5.56 Å². The van der Waals surface area contributed by atoms with Crippen molar-refractivity contribution in [3.8, 4) is 17.2 Å². The molecule has 0 radical (unpaired) electrons. The van der Waals surface area contributed by atoms with Gasteiger partial charge in [0.05, 0.1) is 0 Å². The van der Waals surface area contributed by atoms with Crippen LogP contribution in [0.3, 0.4) is 0 Å². The lowest BCUT2D eigenvalue weighted by molar-refractivity contribution is 0.174. The van der Waals surface area contributed by atoms with Crippen molar-refractivity contribution >= 4 is 0 Å². The molecular formula is C17H17NO3. The van der Waals surface area contributed by atoms with Gasteiger partial charge in [0.15, 0.2) is 17.4 Å². The van der Waals surface area contributed by atoms with Gasteiger partial charge < -0.3 is 19.5 Å². The van der Waals surface area contributed by atoms with E-state index in [2.05, 4.69) is 11.9 Å². The van der Waals surface area contributed by atoms with Crippen molar-refractivity contribution in [1.29, 1.82) is 0 Å². The fraction of sp³-hybridized carbons (Fsp3) is 0.176. The van der Waals surface area contributed by atoms with Crippen LogP contribution in [-0.4, -0.2) is 13.3 Å². The van der Waals surface area contributed by atoms with Crippen molar-refractivity contribution in [2.75, 3.05) is 13.3 Å². The van der Waals surface area contributed by atoms with Gasteiger partial charge in [-0.05, 0) is 42.8 Å². The van der Waals surface area contributed by atoms with Gasteiger partial charge >= 0.3 is 0 Å². The summed E-state index contributed by atoms with van der Waals surface area (Å²) in [5.74, 6) is 2.94. The number of fused-ring (bicyclic) bond motifs is 1. The highest BCUT2D eigenvalue weighted by Crippen LogP contribution is 2.32. The summed E-state index contributed by atoms with van der Waals surface area (Å²) in [7, 11) is 0. The summed E-state index contributed by atoms with van der Waals surface area (Å²) in [6.07, 6.45) is 0.855. The molecule has 0 saturated carbocycles. The van der Waals surface area contributed by atoms with Crippen LogP contribution >= 0.6 is 0 Å². The molecule has 0 aromatic heterocycles. The third-order valence-electron chi connectivity index (χ3n) is 3.16. The van der Waals surface area contributed by atoms with E-state index in [4.69, 9.17) is 14.2 Å². The normalized spacial score (nSPS) is 12.0. The summed E-state index contributed by atoms with van der Waals surface area (Å²) in [6.45, 7) is 4.91. The SMILES string of the molecule is C=C(NCCc1ccc2c(c1)OCO2)Oc1ccccc1. The van der Waals surface area contributed by atoms with E-state index in [1.807, 2.05) is 48.5 Å². The standard InChI is InChI=1S/C17H17NO3/c1-13(21-15-5-3-2-4-6-15)18-10-9-14-7-8-16-17(11-14)20-12-19-16/h2-8,11,18H,1,9-10,12H2. The van der Waals surface area contributed by atoms with Crippen molar-refractivity contribution in [3.05, 3.63) is 66.6 Å². The largest absolute Gasteiger partial charge is 0.454 e. The van der Waals surface area contributed by atoms with Crippen molar-refractivity contribution < 1.29 is 14.2 Å². The first kappa shape index (κ1) is 13.4. The molecule has 4 heteroatoms. The Morgan fingerprint density at radius 2 is 1.90 bits per heavy atom. The quantitative estimate of drug-likeness (QED) is 0.827. The number of hydrogen-bond donors (Lipinski definition) is 1. The number of rotatable bonds is 6. The minimum atomic E-state index is 0.304. The average molecular weight is 283 g/mol. The Morgan fingerprint density at radius 1 is 1.10 bits per heavy atom.